The van der Waals surface area contributed by atoms with Crippen LogP contribution in [-0.4, -0.2) is 0 Å². The first-order valence-electron chi connectivity index (χ1n) is 8.39. The minimum absolute atomic E-state index is 0.687. The maximum absolute atomic E-state index is 8.58. The Hall–Kier alpha value is -0.770. The van der Waals surface area contributed by atoms with Gasteiger partial charge in [-0.15, -0.1) is 0 Å². The van der Waals surface area contributed by atoms with Crippen molar-refractivity contribution in [1.82, 2.24) is 0 Å². The summed E-state index contributed by atoms with van der Waals surface area (Å²) < 4.78 is 0. The van der Waals surface area contributed by atoms with Gasteiger partial charge >= 0.3 is 0 Å². The molecule has 0 unspecified atom stereocenters. The highest BCUT2D eigenvalue weighted by Crippen LogP contribution is 2.42. The molecule has 106 valence electrons. The van der Waals surface area contributed by atoms with Gasteiger partial charge < -0.3 is 0 Å². The van der Waals surface area contributed by atoms with Gasteiger partial charge in [0.2, 0.25) is 0 Å². The van der Waals surface area contributed by atoms with Gasteiger partial charge in [0.05, 0.1) is 6.07 Å². The van der Waals surface area contributed by atoms with Crippen LogP contribution >= 0.6 is 0 Å². The Kier molecular flexibility index (Phi) is 5.95. The molecule has 0 aromatic heterocycles. The third-order valence-electron chi connectivity index (χ3n) is 5.51. The van der Waals surface area contributed by atoms with E-state index < -0.39 is 0 Å². The Morgan fingerprint density at radius 3 is 2.05 bits per heavy atom. The summed E-state index contributed by atoms with van der Waals surface area (Å²) in [7, 11) is 0. The van der Waals surface area contributed by atoms with Gasteiger partial charge in [-0.1, -0.05) is 38.7 Å². The molecule has 2 rings (SSSR count). The Morgan fingerprint density at radius 1 is 0.947 bits per heavy atom. The molecule has 0 heterocycles. The lowest BCUT2D eigenvalue weighted by molar-refractivity contribution is 0.152. The van der Waals surface area contributed by atoms with Crippen LogP contribution in [0.3, 0.4) is 0 Å². The Bertz CT molecular complexity index is 309. The van der Waals surface area contributed by atoms with Crippen LogP contribution in [0.5, 0.6) is 0 Å². The molecular weight excluding hydrogens is 230 g/mol. The van der Waals surface area contributed by atoms with Gasteiger partial charge in [-0.05, 0) is 62.2 Å². The zero-order valence-corrected chi connectivity index (χ0v) is 12.5. The molecule has 0 amide bonds. The fraction of sp³-hybridized carbons (Fsp3) is 0.833. The maximum atomic E-state index is 8.58. The van der Waals surface area contributed by atoms with E-state index in [4.69, 9.17) is 5.26 Å². The van der Waals surface area contributed by atoms with Crippen molar-refractivity contribution in [3.05, 3.63) is 12.2 Å². The van der Waals surface area contributed by atoms with Gasteiger partial charge in [0.1, 0.15) is 0 Å². The van der Waals surface area contributed by atoms with E-state index >= 15 is 0 Å². The van der Waals surface area contributed by atoms with E-state index in [1.807, 2.05) is 0 Å². The van der Waals surface area contributed by atoms with Gasteiger partial charge in [-0.25, -0.2) is 0 Å². The van der Waals surface area contributed by atoms with Crippen LogP contribution in [0.15, 0.2) is 12.2 Å². The standard InChI is InChI=1S/C18H29N/c1-2-4-15-6-10-17(11-7-15)18-12-8-16(9-13-18)5-3-14-19/h3,5,15-18H,2,4,6-13H2,1H3. The van der Waals surface area contributed by atoms with Crippen LogP contribution < -0.4 is 0 Å². The van der Waals surface area contributed by atoms with Crippen LogP contribution in [0.2, 0.25) is 0 Å². The van der Waals surface area contributed by atoms with Crippen LogP contribution in [0, 0.1) is 35.0 Å². The van der Waals surface area contributed by atoms with Gasteiger partial charge in [0.15, 0.2) is 0 Å². The summed E-state index contributed by atoms with van der Waals surface area (Å²) in [6.07, 6.45) is 18.1. The molecule has 0 aromatic carbocycles. The fourth-order valence-corrected chi connectivity index (χ4v) is 4.34. The lowest BCUT2D eigenvalue weighted by atomic mass is 9.69. The summed E-state index contributed by atoms with van der Waals surface area (Å²) in [4.78, 5) is 0. The second kappa shape index (κ2) is 7.73. The zero-order valence-electron chi connectivity index (χ0n) is 12.5. The molecule has 0 aliphatic heterocycles. The molecule has 0 aromatic rings. The zero-order chi connectivity index (χ0) is 13.5. The van der Waals surface area contributed by atoms with Crippen LogP contribution in [0.1, 0.15) is 71.1 Å². The van der Waals surface area contributed by atoms with Gasteiger partial charge in [-0.3, -0.25) is 0 Å². The largest absolute Gasteiger partial charge is 0.193 e. The first-order chi connectivity index (χ1) is 9.33. The van der Waals surface area contributed by atoms with Crippen molar-refractivity contribution < 1.29 is 0 Å². The third kappa shape index (κ3) is 4.37. The minimum atomic E-state index is 0.687. The van der Waals surface area contributed by atoms with Crippen molar-refractivity contribution in [1.29, 1.82) is 5.26 Å². The first kappa shape index (κ1) is 14.6. The Balaban J connectivity index is 1.71. The molecule has 1 heteroatoms. The molecule has 0 saturated heterocycles. The average molecular weight is 259 g/mol. The first-order valence-corrected chi connectivity index (χ1v) is 8.39. The van der Waals surface area contributed by atoms with Gasteiger partial charge in [0.25, 0.3) is 0 Å². The molecule has 0 bridgehead atoms. The van der Waals surface area contributed by atoms with E-state index in [1.54, 1.807) is 6.08 Å². The summed E-state index contributed by atoms with van der Waals surface area (Å²) in [5.74, 6) is 3.74. The average Bonchev–Trinajstić information content (AvgIpc) is 2.47. The summed E-state index contributed by atoms with van der Waals surface area (Å²) >= 11 is 0. The predicted molar refractivity (Wildman–Crippen MR) is 80.6 cm³/mol. The lowest BCUT2D eigenvalue weighted by Crippen LogP contribution is -2.25. The predicted octanol–water partition coefficient (Wildman–Crippen LogP) is 5.48. The normalized spacial score (nSPS) is 36.2. The molecule has 0 radical (unpaired) electrons. The van der Waals surface area contributed by atoms with E-state index in [1.165, 1.54) is 64.2 Å². The molecular formula is C18H29N. The van der Waals surface area contributed by atoms with Crippen LogP contribution in [0.4, 0.5) is 0 Å². The minimum Gasteiger partial charge on any atom is -0.193 e. The van der Waals surface area contributed by atoms with Crippen LogP contribution in [0.25, 0.3) is 0 Å². The number of nitrogens with zero attached hydrogens (tertiary/aromatic N) is 1. The molecule has 2 aliphatic carbocycles. The Morgan fingerprint density at radius 2 is 1.53 bits per heavy atom. The smallest absolute Gasteiger partial charge is 0.0908 e. The SMILES string of the molecule is CCCC1CCC(C2CCC(C=CC#N)CC2)CC1. The second-order valence-electron chi connectivity index (χ2n) is 6.73. The number of hydrogen-bond acceptors (Lipinski definition) is 1. The van der Waals surface area contributed by atoms with E-state index in [0.717, 1.165) is 17.8 Å². The van der Waals surface area contributed by atoms with Gasteiger partial charge in [0, 0.05) is 6.08 Å². The van der Waals surface area contributed by atoms with Crippen molar-refractivity contribution in [2.24, 2.45) is 23.7 Å². The van der Waals surface area contributed by atoms with Crippen molar-refractivity contribution >= 4 is 0 Å². The van der Waals surface area contributed by atoms with Gasteiger partial charge in [-0.2, -0.15) is 5.26 Å². The molecule has 0 spiro atoms. The monoisotopic (exact) mass is 259 g/mol. The van der Waals surface area contributed by atoms with Crippen molar-refractivity contribution in [3.8, 4) is 6.07 Å². The lowest BCUT2D eigenvalue weighted by Gasteiger charge is -2.37. The van der Waals surface area contributed by atoms with Crippen molar-refractivity contribution in [3.63, 3.8) is 0 Å². The number of allylic oxidation sites excluding steroid dienone is 2. The highest BCUT2D eigenvalue weighted by atomic mass is 14.4. The molecule has 2 fully saturated rings. The summed E-state index contributed by atoms with van der Waals surface area (Å²) in [6, 6.07) is 2.13. The van der Waals surface area contributed by atoms with E-state index in [9.17, 15) is 0 Å². The summed E-state index contributed by atoms with van der Waals surface area (Å²) in [5, 5.41) is 8.58. The maximum Gasteiger partial charge on any atom is 0.0908 e. The summed E-state index contributed by atoms with van der Waals surface area (Å²) in [5.41, 5.74) is 0. The second-order valence-corrected chi connectivity index (χ2v) is 6.73. The van der Waals surface area contributed by atoms with Crippen molar-refractivity contribution in [2.75, 3.05) is 0 Å². The number of hydrogen-bond donors (Lipinski definition) is 0. The molecule has 2 aliphatic rings. The van der Waals surface area contributed by atoms with E-state index in [2.05, 4.69) is 19.1 Å². The molecule has 2 saturated carbocycles. The topological polar surface area (TPSA) is 23.8 Å². The highest BCUT2D eigenvalue weighted by Gasteiger charge is 2.29. The van der Waals surface area contributed by atoms with Crippen LogP contribution in [-0.2, 0) is 0 Å². The van der Waals surface area contributed by atoms with E-state index in [-0.39, 0.29) is 0 Å². The number of rotatable bonds is 4. The van der Waals surface area contributed by atoms with E-state index in [0.29, 0.717) is 5.92 Å². The third-order valence-corrected chi connectivity index (χ3v) is 5.51. The number of nitriles is 1. The quantitative estimate of drug-likeness (QED) is 0.613. The molecule has 0 N–H and O–H groups in total. The fourth-order valence-electron chi connectivity index (χ4n) is 4.34. The molecule has 1 nitrogen and oxygen atoms in total. The highest BCUT2D eigenvalue weighted by molar-refractivity contribution is 5.04. The molecule has 0 atom stereocenters. The Labute approximate surface area is 119 Å². The summed E-state index contributed by atoms with van der Waals surface area (Å²) in [6.45, 7) is 2.32. The molecule has 19 heavy (non-hydrogen) atoms. The van der Waals surface area contributed by atoms with Crippen molar-refractivity contribution in [2.45, 2.75) is 71.1 Å².